The molecule has 0 aromatic rings. The van der Waals surface area contributed by atoms with Gasteiger partial charge in [0.15, 0.2) is 0 Å². The van der Waals surface area contributed by atoms with Crippen LogP contribution in [-0.2, 0) is 3.10 Å². The molecule has 0 spiro atoms. The molecule has 1 saturated heterocycles. The van der Waals surface area contributed by atoms with E-state index in [0.29, 0.717) is 10.1 Å². The van der Waals surface area contributed by atoms with E-state index in [1.807, 2.05) is 0 Å². The summed E-state index contributed by atoms with van der Waals surface area (Å²) in [7, 11) is -1.32. The number of hydrogen-bond acceptors (Lipinski definition) is 1. The first kappa shape index (κ1) is 25.6. The zero-order chi connectivity index (χ0) is 20.5. The van der Waals surface area contributed by atoms with Gasteiger partial charge in [0.2, 0.25) is 0 Å². The van der Waals surface area contributed by atoms with Crippen LogP contribution in [0.2, 0.25) is 32.5 Å². The fourth-order valence-electron chi connectivity index (χ4n) is 4.05. The summed E-state index contributed by atoms with van der Waals surface area (Å²) in [6.07, 6.45) is 11.4. The van der Waals surface area contributed by atoms with E-state index in [9.17, 15) is 0 Å². The average molecular weight is 508 g/mol. The molecular formula is C24H48OSiTe. The van der Waals surface area contributed by atoms with Gasteiger partial charge in [-0.15, -0.1) is 0 Å². The summed E-state index contributed by atoms with van der Waals surface area (Å²) >= 11 is -2.33. The van der Waals surface area contributed by atoms with Crippen molar-refractivity contribution in [3.63, 3.8) is 0 Å². The van der Waals surface area contributed by atoms with Gasteiger partial charge in [0.1, 0.15) is 0 Å². The average Bonchev–Trinajstić information content (AvgIpc) is 2.50. The Morgan fingerprint density at radius 1 is 0.852 bits per heavy atom. The van der Waals surface area contributed by atoms with E-state index in [0.717, 1.165) is 11.8 Å². The van der Waals surface area contributed by atoms with Gasteiger partial charge < -0.3 is 0 Å². The molecule has 1 rings (SSSR count). The molecule has 3 heteroatoms. The summed E-state index contributed by atoms with van der Waals surface area (Å²) in [5.74, 6) is 5.35. The summed E-state index contributed by atoms with van der Waals surface area (Å²) in [5, 5.41) is 0. The summed E-state index contributed by atoms with van der Waals surface area (Å²) in [6, 6.07) is 0. The molecule has 0 saturated carbocycles. The maximum atomic E-state index is 6.87. The van der Waals surface area contributed by atoms with E-state index in [-0.39, 0.29) is 0 Å². The Labute approximate surface area is 177 Å². The summed E-state index contributed by atoms with van der Waals surface area (Å²) in [5.41, 5.74) is 3.74. The minimum atomic E-state index is -2.33. The van der Waals surface area contributed by atoms with Crippen LogP contribution in [-0.4, -0.2) is 32.8 Å². The molecule has 27 heavy (non-hydrogen) atoms. The van der Waals surface area contributed by atoms with Crippen LogP contribution in [0.25, 0.3) is 0 Å². The number of hydrogen-bond donors (Lipinski definition) is 0. The predicted molar refractivity (Wildman–Crippen MR) is 127 cm³/mol. The van der Waals surface area contributed by atoms with Gasteiger partial charge >= 0.3 is 178 Å². The van der Waals surface area contributed by atoms with Crippen molar-refractivity contribution in [1.29, 1.82) is 0 Å². The van der Waals surface area contributed by atoms with E-state index < -0.39 is 26.7 Å². The molecule has 1 aliphatic heterocycles. The second kappa shape index (κ2) is 12.3. The molecule has 0 N–H and O–H groups in total. The molecule has 1 heterocycles. The SMILES string of the molecule is CCCCCCCCC[C@@H]1O[Te](CC(C)C)(CC(C)C)[C@H]1C#C[Si](C)(C)C. The van der Waals surface area contributed by atoms with E-state index >= 15 is 0 Å². The Bertz CT molecular complexity index is 459. The zero-order valence-corrected chi connectivity index (χ0v) is 23.0. The third-order valence-corrected chi connectivity index (χ3v) is 18.6. The molecule has 0 amide bonds. The van der Waals surface area contributed by atoms with Crippen molar-refractivity contribution in [2.24, 2.45) is 11.8 Å². The fraction of sp³-hybridized carbons (Fsp3) is 0.917. The van der Waals surface area contributed by atoms with Crippen LogP contribution in [0, 0.1) is 23.3 Å². The second-order valence-electron chi connectivity index (χ2n) is 10.5. The first-order valence-electron chi connectivity index (χ1n) is 11.6. The Kier molecular flexibility index (Phi) is 11.6. The van der Waals surface area contributed by atoms with Crippen LogP contribution >= 0.6 is 0 Å². The van der Waals surface area contributed by atoms with Crippen LogP contribution in [0.3, 0.4) is 0 Å². The van der Waals surface area contributed by atoms with Gasteiger partial charge in [0.25, 0.3) is 0 Å². The quantitative estimate of drug-likeness (QED) is 0.147. The monoisotopic (exact) mass is 510 g/mol. The molecule has 2 atom stereocenters. The Hall–Kier alpha value is 0.526. The van der Waals surface area contributed by atoms with E-state index in [1.54, 1.807) is 0 Å². The van der Waals surface area contributed by atoms with Crippen molar-refractivity contribution in [2.75, 3.05) is 0 Å². The van der Waals surface area contributed by atoms with Crippen LogP contribution in [0.1, 0.15) is 86.0 Å². The topological polar surface area (TPSA) is 9.23 Å². The van der Waals surface area contributed by atoms with Crippen LogP contribution in [0.4, 0.5) is 0 Å². The van der Waals surface area contributed by atoms with Crippen LogP contribution in [0.5, 0.6) is 0 Å². The molecule has 1 nitrogen and oxygen atoms in total. The Morgan fingerprint density at radius 3 is 1.85 bits per heavy atom. The summed E-state index contributed by atoms with van der Waals surface area (Å²) in [6.45, 7) is 18.9. The molecule has 0 aliphatic carbocycles. The van der Waals surface area contributed by atoms with Gasteiger partial charge in [-0.2, -0.15) is 0 Å². The van der Waals surface area contributed by atoms with Crippen molar-refractivity contribution in [3.05, 3.63) is 0 Å². The van der Waals surface area contributed by atoms with E-state index in [4.69, 9.17) is 3.10 Å². The van der Waals surface area contributed by atoms with Gasteiger partial charge in [0, 0.05) is 0 Å². The molecule has 1 fully saturated rings. The van der Waals surface area contributed by atoms with Crippen molar-refractivity contribution in [3.8, 4) is 11.5 Å². The normalized spacial score (nSPS) is 23.0. The molecule has 0 radical (unpaired) electrons. The standard InChI is InChI=1S/C24H48OSiTe/c1-9-10-11-12-13-14-15-16-23-24(17-18-26(6,7)8)27(25-23,19-21(2)3)20-22(4)5/h21-24H,9-16,19-20H2,1-8H3/t23-,24-/m0/s1. The van der Waals surface area contributed by atoms with Gasteiger partial charge in [-0.05, 0) is 0 Å². The summed E-state index contributed by atoms with van der Waals surface area (Å²) < 4.78 is 10.2. The van der Waals surface area contributed by atoms with Crippen molar-refractivity contribution >= 4 is 26.7 Å². The van der Waals surface area contributed by atoms with Crippen molar-refractivity contribution in [2.45, 2.75) is 125 Å². The first-order chi connectivity index (χ1) is 12.6. The molecule has 0 aromatic heterocycles. The van der Waals surface area contributed by atoms with Gasteiger partial charge in [-0.3, -0.25) is 0 Å². The van der Waals surface area contributed by atoms with Crippen LogP contribution in [0.15, 0.2) is 0 Å². The minimum absolute atomic E-state index is 0.461. The van der Waals surface area contributed by atoms with E-state index in [1.165, 1.54) is 60.3 Å². The maximum absolute atomic E-state index is 6.87. The third kappa shape index (κ3) is 9.72. The molecule has 0 bridgehead atoms. The summed E-state index contributed by atoms with van der Waals surface area (Å²) in [4.78, 5) is 0. The second-order valence-corrected chi connectivity index (χ2v) is 24.1. The Morgan fingerprint density at radius 2 is 1.37 bits per heavy atom. The predicted octanol–water partition coefficient (Wildman–Crippen LogP) is 8.03. The molecular weight excluding hydrogens is 460 g/mol. The fourth-order valence-corrected chi connectivity index (χ4v) is 18.2. The first-order valence-corrected chi connectivity index (χ1v) is 20.7. The van der Waals surface area contributed by atoms with Gasteiger partial charge in [0.05, 0.1) is 0 Å². The zero-order valence-electron chi connectivity index (χ0n) is 19.7. The molecule has 0 unspecified atom stereocenters. The number of unbranched alkanes of at least 4 members (excludes halogenated alkanes) is 6. The van der Waals surface area contributed by atoms with E-state index in [2.05, 4.69) is 65.7 Å². The van der Waals surface area contributed by atoms with Gasteiger partial charge in [-0.25, -0.2) is 0 Å². The van der Waals surface area contributed by atoms with Gasteiger partial charge in [-0.1, -0.05) is 0 Å². The third-order valence-electron chi connectivity index (χ3n) is 5.03. The Balaban J connectivity index is 2.69. The van der Waals surface area contributed by atoms with Crippen molar-refractivity contribution < 1.29 is 3.10 Å². The number of rotatable bonds is 12. The van der Waals surface area contributed by atoms with Crippen molar-refractivity contribution in [1.82, 2.24) is 0 Å². The molecule has 1 aliphatic rings. The molecule has 160 valence electrons. The van der Waals surface area contributed by atoms with Crippen LogP contribution < -0.4 is 0 Å². The molecule has 0 aromatic carbocycles.